The van der Waals surface area contributed by atoms with E-state index in [0.29, 0.717) is 5.75 Å². The third-order valence-corrected chi connectivity index (χ3v) is 4.84. The lowest BCUT2D eigenvalue weighted by molar-refractivity contribution is -0.131. The number of ether oxygens (including phenoxy) is 2. The second-order valence-corrected chi connectivity index (χ2v) is 6.42. The Kier molecular flexibility index (Phi) is 5.81. The second-order valence-electron chi connectivity index (χ2n) is 6.42. The van der Waals surface area contributed by atoms with Crippen LogP contribution in [0.5, 0.6) is 5.75 Å². The Morgan fingerprint density at radius 2 is 1.93 bits per heavy atom. The standard InChI is InChI=1S/C20H20N4O4/c1-13(14-8-10-16(27-2)11-9-14)18(22-23-21)19(25)24-17(12-28-20(24)26)15-6-4-3-5-7-15/h3-11,13,17-18H,12H2,1-2H3/t13-,17+,18-/m0/s1. The van der Waals surface area contributed by atoms with Crippen molar-refractivity contribution in [2.24, 2.45) is 5.11 Å². The van der Waals surface area contributed by atoms with E-state index in [4.69, 9.17) is 15.0 Å². The fraction of sp³-hybridized carbons (Fsp3) is 0.300. The monoisotopic (exact) mass is 380 g/mol. The number of hydrogen-bond acceptors (Lipinski definition) is 5. The Bertz CT molecular complexity index is 894. The van der Waals surface area contributed by atoms with E-state index in [1.54, 1.807) is 38.3 Å². The Labute approximate surface area is 162 Å². The molecular weight excluding hydrogens is 360 g/mol. The van der Waals surface area contributed by atoms with Crippen LogP contribution in [0.3, 0.4) is 0 Å². The minimum atomic E-state index is -1.09. The van der Waals surface area contributed by atoms with Crippen LogP contribution in [0.4, 0.5) is 4.79 Å². The number of methoxy groups -OCH3 is 1. The lowest BCUT2D eigenvalue weighted by Crippen LogP contribution is -2.42. The molecular formula is C20H20N4O4. The van der Waals surface area contributed by atoms with Gasteiger partial charge in [0.1, 0.15) is 24.4 Å². The van der Waals surface area contributed by atoms with Gasteiger partial charge in [-0.3, -0.25) is 4.79 Å². The van der Waals surface area contributed by atoms with Crippen molar-refractivity contribution in [2.45, 2.75) is 24.9 Å². The van der Waals surface area contributed by atoms with Crippen molar-refractivity contribution in [1.29, 1.82) is 0 Å². The summed E-state index contributed by atoms with van der Waals surface area (Å²) in [6.07, 6.45) is -0.737. The highest BCUT2D eigenvalue weighted by Crippen LogP contribution is 2.32. The molecule has 0 unspecified atom stereocenters. The van der Waals surface area contributed by atoms with Gasteiger partial charge in [-0.15, -0.1) is 0 Å². The van der Waals surface area contributed by atoms with Gasteiger partial charge in [-0.1, -0.05) is 54.5 Å². The van der Waals surface area contributed by atoms with Crippen molar-refractivity contribution in [1.82, 2.24) is 4.90 Å². The van der Waals surface area contributed by atoms with Crippen LogP contribution in [0.2, 0.25) is 0 Å². The van der Waals surface area contributed by atoms with Crippen LogP contribution in [0, 0.1) is 0 Å². The molecule has 0 radical (unpaired) electrons. The number of hydrogen-bond donors (Lipinski definition) is 0. The summed E-state index contributed by atoms with van der Waals surface area (Å²) in [5.41, 5.74) is 10.6. The molecule has 1 saturated heterocycles. The highest BCUT2D eigenvalue weighted by atomic mass is 16.6. The number of imide groups is 1. The van der Waals surface area contributed by atoms with Gasteiger partial charge >= 0.3 is 6.09 Å². The molecule has 2 aromatic carbocycles. The molecule has 2 amide bonds. The highest BCUT2D eigenvalue weighted by Gasteiger charge is 2.42. The summed E-state index contributed by atoms with van der Waals surface area (Å²) < 4.78 is 10.3. The molecule has 0 bridgehead atoms. The third-order valence-electron chi connectivity index (χ3n) is 4.84. The minimum Gasteiger partial charge on any atom is -0.497 e. The highest BCUT2D eigenvalue weighted by molar-refractivity contribution is 5.97. The van der Waals surface area contributed by atoms with Crippen molar-refractivity contribution in [2.75, 3.05) is 13.7 Å². The Morgan fingerprint density at radius 1 is 1.25 bits per heavy atom. The molecule has 2 aromatic rings. The number of benzene rings is 2. The molecule has 1 aliphatic heterocycles. The van der Waals surface area contributed by atoms with E-state index in [1.807, 2.05) is 30.3 Å². The van der Waals surface area contributed by atoms with Gasteiger partial charge in [0, 0.05) is 4.91 Å². The van der Waals surface area contributed by atoms with Gasteiger partial charge in [0.2, 0.25) is 5.91 Å². The van der Waals surface area contributed by atoms with Crippen LogP contribution in [0.15, 0.2) is 59.7 Å². The molecule has 0 aliphatic carbocycles. The molecule has 8 nitrogen and oxygen atoms in total. The van der Waals surface area contributed by atoms with Gasteiger partial charge in [0.05, 0.1) is 7.11 Å². The molecule has 0 N–H and O–H groups in total. The van der Waals surface area contributed by atoms with Crippen molar-refractivity contribution in [3.8, 4) is 5.75 Å². The van der Waals surface area contributed by atoms with E-state index in [1.165, 1.54) is 0 Å². The van der Waals surface area contributed by atoms with E-state index >= 15 is 0 Å². The van der Waals surface area contributed by atoms with E-state index < -0.39 is 30.0 Å². The summed E-state index contributed by atoms with van der Waals surface area (Å²) in [4.78, 5) is 29.4. The van der Waals surface area contributed by atoms with Gasteiger partial charge in [-0.2, -0.15) is 0 Å². The van der Waals surface area contributed by atoms with Gasteiger partial charge < -0.3 is 9.47 Å². The van der Waals surface area contributed by atoms with Gasteiger partial charge in [-0.25, -0.2) is 9.69 Å². The maximum atomic E-state index is 13.2. The van der Waals surface area contributed by atoms with Gasteiger partial charge in [-0.05, 0) is 34.7 Å². The first-order valence-electron chi connectivity index (χ1n) is 8.79. The molecule has 3 atom stereocenters. The summed E-state index contributed by atoms with van der Waals surface area (Å²) in [6, 6.07) is 14.6. The minimum absolute atomic E-state index is 0.0640. The van der Waals surface area contributed by atoms with Crippen LogP contribution in [0.1, 0.15) is 30.0 Å². The fourth-order valence-corrected chi connectivity index (χ4v) is 3.24. The lowest BCUT2D eigenvalue weighted by atomic mass is 9.92. The van der Waals surface area contributed by atoms with Crippen LogP contribution in [-0.2, 0) is 9.53 Å². The summed E-state index contributed by atoms with van der Waals surface area (Å²) in [5.74, 6) is -0.355. The summed E-state index contributed by atoms with van der Waals surface area (Å²) in [6.45, 7) is 1.84. The van der Waals surface area contributed by atoms with Gasteiger partial charge in [0.25, 0.3) is 0 Å². The number of cyclic esters (lactones) is 1. The summed E-state index contributed by atoms with van der Waals surface area (Å²) >= 11 is 0. The van der Waals surface area contributed by atoms with Crippen LogP contribution in [0.25, 0.3) is 10.4 Å². The van der Waals surface area contributed by atoms with Crippen molar-refractivity contribution < 1.29 is 19.1 Å². The molecule has 0 saturated carbocycles. The summed E-state index contributed by atoms with van der Waals surface area (Å²) in [5, 5.41) is 3.70. The zero-order valence-corrected chi connectivity index (χ0v) is 15.6. The number of nitrogens with zero attached hydrogens (tertiary/aromatic N) is 4. The number of carbonyl (C=O) groups is 2. The zero-order chi connectivity index (χ0) is 20.1. The van der Waals surface area contributed by atoms with Crippen molar-refractivity contribution in [3.05, 3.63) is 76.2 Å². The first-order valence-corrected chi connectivity index (χ1v) is 8.79. The van der Waals surface area contributed by atoms with E-state index in [9.17, 15) is 9.59 Å². The fourth-order valence-electron chi connectivity index (χ4n) is 3.24. The molecule has 0 aromatic heterocycles. The van der Waals surface area contributed by atoms with Crippen molar-refractivity contribution in [3.63, 3.8) is 0 Å². The first kappa shape index (κ1) is 19.3. The largest absolute Gasteiger partial charge is 0.497 e. The molecule has 28 heavy (non-hydrogen) atoms. The van der Waals surface area contributed by atoms with Crippen molar-refractivity contribution >= 4 is 12.0 Å². The number of amides is 2. The quantitative estimate of drug-likeness (QED) is 0.425. The zero-order valence-electron chi connectivity index (χ0n) is 15.6. The second kappa shape index (κ2) is 8.45. The average Bonchev–Trinajstić information content (AvgIpc) is 3.13. The predicted octanol–water partition coefficient (Wildman–Crippen LogP) is 4.20. The van der Waals surface area contributed by atoms with Gasteiger partial charge in [0.15, 0.2) is 0 Å². The lowest BCUT2D eigenvalue weighted by Gasteiger charge is -2.26. The molecule has 1 heterocycles. The first-order chi connectivity index (χ1) is 13.6. The van der Waals surface area contributed by atoms with Crippen LogP contribution < -0.4 is 4.74 Å². The topological polar surface area (TPSA) is 105 Å². The maximum Gasteiger partial charge on any atom is 0.417 e. The SMILES string of the molecule is COc1ccc([C@H](C)[C@H](N=[N+]=[N-])C(=O)N2C(=O)OC[C@@H]2c2ccccc2)cc1. The Morgan fingerprint density at radius 3 is 2.54 bits per heavy atom. The average molecular weight is 380 g/mol. The summed E-state index contributed by atoms with van der Waals surface area (Å²) in [7, 11) is 1.56. The van der Waals surface area contributed by atoms with E-state index in [-0.39, 0.29) is 6.61 Å². The number of rotatable bonds is 6. The smallest absolute Gasteiger partial charge is 0.417 e. The molecule has 1 aliphatic rings. The third kappa shape index (κ3) is 3.77. The molecule has 8 heteroatoms. The van der Waals surface area contributed by atoms with E-state index in [0.717, 1.165) is 16.0 Å². The molecule has 0 spiro atoms. The molecule has 1 fully saturated rings. The normalized spacial score (nSPS) is 18.0. The van der Waals surface area contributed by atoms with E-state index in [2.05, 4.69) is 10.0 Å². The molecule has 144 valence electrons. The Balaban J connectivity index is 1.90. The maximum absolute atomic E-state index is 13.2. The van der Waals surface area contributed by atoms with Crippen LogP contribution in [-0.4, -0.2) is 36.7 Å². The predicted molar refractivity (Wildman–Crippen MR) is 102 cm³/mol. The van der Waals surface area contributed by atoms with Crippen LogP contribution >= 0.6 is 0 Å². The Hall–Kier alpha value is -3.51. The number of carbonyl (C=O) groups excluding carboxylic acids is 2. The number of azide groups is 1. The molecule has 3 rings (SSSR count).